The molecule has 0 spiro atoms. The molecule has 130 valence electrons. The van der Waals surface area contributed by atoms with Gasteiger partial charge in [0.25, 0.3) is 0 Å². The molecule has 3 rings (SSSR count). The second-order valence-corrected chi connectivity index (χ2v) is 7.28. The minimum absolute atomic E-state index is 0.0123. The number of piperazine rings is 1. The molecule has 24 heavy (non-hydrogen) atoms. The molecular formula is C17H23N3O3S. The number of aliphatic hydroxyl groups is 1. The maximum Gasteiger partial charge on any atom is 0.242 e. The van der Waals surface area contributed by atoms with Crippen molar-refractivity contribution in [2.75, 3.05) is 49.9 Å². The fourth-order valence-electron chi connectivity index (χ4n) is 3.12. The average Bonchev–Trinajstić information content (AvgIpc) is 2.57. The van der Waals surface area contributed by atoms with E-state index < -0.39 is 0 Å². The minimum Gasteiger partial charge on any atom is -0.392 e. The highest BCUT2D eigenvalue weighted by Crippen LogP contribution is 2.34. The summed E-state index contributed by atoms with van der Waals surface area (Å²) < 4.78 is 0. The molecule has 1 saturated heterocycles. The SMILES string of the molecule is C[C@@H](O)CN1CCN(C(=O)CN2C(=O)CSc3ccccc32)CC1. The monoisotopic (exact) mass is 349 g/mol. The second-order valence-electron chi connectivity index (χ2n) is 6.27. The number of β-amino-alcohol motifs (C(OH)–C–C–N with tert-alkyl or cyclic N) is 1. The van der Waals surface area contributed by atoms with E-state index in [0.717, 1.165) is 23.7 Å². The number of nitrogens with zero attached hydrogens (tertiary/aromatic N) is 3. The first kappa shape index (κ1) is 17.3. The van der Waals surface area contributed by atoms with E-state index in [9.17, 15) is 14.7 Å². The smallest absolute Gasteiger partial charge is 0.242 e. The average molecular weight is 349 g/mol. The Morgan fingerprint density at radius 2 is 1.96 bits per heavy atom. The molecule has 6 nitrogen and oxygen atoms in total. The Labute approximate surface area is 146 Å². The maximum absolute atomic E-state index is 12.6. The van der Waals surface area contributed by atoms with E-state index in [-0.39, 0.29) is 24.5 Å². The summed E-state index contributed by atoms with van der Waals surface area (Å²) >= 11 is 1.52. The highest BCUT2D eigenvalue weighted by Gasteiger charge is 2.29. The van der Waals surface area contributed by atoms with Crippen LogP contribution in [0.15, 0.2) is 29.2 Å². The van der Waals surface area contributed by atoms with Crippen LogP contribution in [-0.4, -0.2) is 77.8 Å². The van der Waals surface area contributed by atoms with Crippen LogP contribution in [0.4, 0.5) is 5.69 Å². The molecule has 0 aliphatic carbocycles. The van der Waals surface area contributed by atoms with E-state index in [0.29, 0.717) is 25.4 Å². The molecule has 0 aromatic heterocycles. The molecule has 2 amide bonds. The Bertz CT molecular complexity index is 615. The second kappa shape index (κ2) is 7.55. The Morgan fingerprint density at radius 3 is 2.67 bits per heavy atom. The first-order chi connectivity index (χ1) is 11.5. The lowest BCUT2D eigenvalue weighted by molar-refractivity contribution is -0.132. The van der Waals surface area contributed by atoms with Gasteiger partial charge in [-0.25, -0.2) is 0 Å². The molecule has 0 unspecified atom stereocenters. The van der Waals surface area contributed by atoms with Crippen molar-refractivity contribution in [1.29, 1.82) is 0 Å². The lowest BCUT2D eigenvalue weighted by Crippen LogP contribution is -2.53. The molecule has 2 aliphatic heterocycles. The van der Waals surface area contributed by atoms with Crippen molar-refractivity contribution in [3.8, 4) is 0 Å². The van der Waals surface area contributed by atoms with Crippen LogP contribution in [0.5, 0.6) is 0 Å². The number of thioether (sulfide) groups is 1. The predicted molar refractivity (Wildman–Crippen MR) is 94.2 cm³/mol. The molecule has 2 heterocycles. The van der Waals surface area contributed by atoms with Gasteiger partial charge in [0, 0.05) is 37.6 Å². The standard InChI is InChI=1S/C17H23N3O3S/c1-13(21)10-18-6-8-19(9-7-18)16(22)11-20-14-4-2-3-5-15(14)24-12-17(20)23/h2-5,13,21H,6-12H2,1H3/t13-/m1/s1. The third kappa shape index (κ3) is 3.91. The van der Waals surface area contributed by atoms with Crippen LogP contribution >= 0.6 is 11.8 Å². The highest BCUT2D eigenvalue weighted by atomic mass is 32.2. The summed E-state index contributed by atoms with van der Waals surface area (Å²) in [6.45, 7) is 5.32. The van der Waals surface area contributed by atoms with Crippen LogP contribution in [0.2, 0.25) is 0 Å². The molecule has 2 aliphatic rings. The molecule has 1 aromatic carbocycles. The first-order valence-corrected chi connectivity index (χ1v) is 9.23. The highest BCUT2D eigenvalue weighted by molar-refractivity contribution is 8.00. The van der Waals surface area contributed by atoms with Gasteiger partial charge in [-0.3, -0.25) is 14.5 Å². The van der Waals surface area contributed by atoms with Crippen LogP contribution in [0.3, 0.4) is 0 Å². The predicted octanol–water partition coefficient (Wildman–Crippen LogP) is 0.650. The molecule has 1 atom stereocenters. The van der Waals surface area contributed by atoms with Crippen molar-refractivity contribution < 1.29 is 14.7 Å². The lowest BCUT2D eigenvalue weighted by atomic mass is 10.2. The number of hydrogen-bond acceptors (Lipinski definition) is 5. The lowest BCUT2D eigenvalue weighted by Gasteiger charge is -2.37. The van der Waals surface area contributed by atoms with Gasteiger partial charge >= 0.3 is 0 Å². The number of aliphatic hydroxyl groups excluding tert-OH is 1. The number of carbonyl (C=O) groups is 2. The number of hydrogen-bond donors (Lipinski definition) is 1. The van der Waals surface area contributed by atoms with Gasteiger partial charge in [-0.05, 0) is 19.1 Å². The minimum atomic E-state index is -0.354. The number of anilines is 1. The molecule has 1 aromatic rings. The molecule has 1 fully saturated rings. The van der Waals surface area contributed by atoms with Crippen molar-refractivity contribution in [1.82, 2.24) is 9.80 Å². The molecule has 0 saturated carbocycles. The van der Waals surface area contributed by atoms with Gasteiger partial charge in [0.15, 0.2) is 0 Å². The number of fused-ring (bicyclic) bond motifs is 1. The van der Waals surface area contributed by atoms with Crippen LogP contribution in [0, 0.1) is 0 Å². The van der Waals surface area contributed by atoms with Gasteiger partial charge in [0.2, 0.25) is 11.8 Å². The zero-order valence-corrected chi connectivity index (χ0v) is 14.7. The van der Waals surface area contributed by atoms with Gasteiger partial charge in [-0.2, -0.15) is 0 Å². The van der Waals surface area contributed by atoms with Gasteiger partial charge < -0.3 is 14.9 Å². The number of rotatable bonds is 4. The quantitative estimate of drug-likeness (QED) is 0.865. The summed E-state index contributed by atoms with van der Waals surface area (Å²) in [4.78, 5) is 31.5. The zero-order chi connectivity index (χ0) is 17.1. The van der Waals surface area contributed by atoms with Crippen molar-refractivity contribution in [2.45, 2.75) is 17.9 Å². The number of amides is 2. The molecule has 0 bridgehead atoms. The van der Waals surface area contributed by atoms with E-state index in [1.807, 2.05) is 29.2 Å². The van der Waals surface area contributed by atoms with Crippen LogP contribution < -0.4 is 4.90 Å². The van der Waals surface area contributed by atoms with Crippen LogP contribution in [0.25, 0.3) is 0 Å². The van der Waals surface area contributed by atoms with E-state index in [1.54, 1.807) is 11.8 Å². The van der Waals surface area contributed by atoms with Crippen LogP contribution in [0.1, 0.15) is 6.92 Å². The summed E-state index contributed by atoms with van der Waals surface area (Å²) in [7, 11) is 0. The van der Waals surface area contributed by atoms with Crippen molar-refractivity contribution >= 4 is 29.3 Å². The summed E-state index contributed by atoms with van der Waals surface area (Å²) in [6, 6.07) is 7.72. The fraction of sp³-hybridized carbons (Fsp3) is 0.529. The number of benzene rings is 1. The van der Waals surface area contributed by atoms with E-state index in [1.165, 1.54) is 11.8 Å². The summed E-state index contributed by atoms with van der Waals surface area (Å²) in [5.41, 5.74) is 0.833. The van der Waals surface area contributed by atoms with Gasteiger partial charge in [0.1, 0.15) is 6.54 Å². The van der Waals surface area contributed by atoms with Crippen LogP contribution in [-0.2, 0) is 9.59 Å². The summed E-state index contributed by atoms with van der Waals surface area (Å²) in [5.74, 6) is 0.355. The van der Waals surface area contributed by atoms with Crippen molar-refractivity contribution in [3.63, 3.8) is 0 Å². The molecular weight excluding hydrogens is 326 g/mol. The Morgan fingerprint density at radius 1 is 1.25 bits per heavy atom. The van der Waals surface area contributed by atoms with E-state index in [2.05, 4.69) is 4.90 Å². The molecule has 0 radical (unpaired) electrons. The fourth-order valence-corrected chi connectivity index (χ4v) is 4.05. The first-order valence-electron chi connectivity index (χ1n) is 8.25. The number of carbonyl (C=O) groups excluding carboxylic acids is 2. The maximum atomic E-state index is 12.6. The Balaban J connectivity index is 1.60. The van der Waals surface area contributed by atoms with Gasteiger partial charge in [0.05, 0.1) is 17.5 Å². The van der Waals surface area contributed by atoms with Gasteiger partial charge in [-0.15, -0.1) is 11.8 Å². The third-order valence-corrected chi connectivity index (χ3v) is 5.40. The largest absolute Gasteiger partial charge is 0.392 e. The van der Waals surface area contributed by atoms with E-state index in [4.69, 9.17) is 0 Å². The normalized spacial score (nSPS) is 20.0. The van der Waals surface area contributed by atoms with Gasteiger partial charge in [-0.1, -0.05) is 12.1 Å². The molecule has 7 heteroatoms. The molecule has 1 N–H and O–H groups in total. The Hall–Kier alpha value is -1.57. The van der Waals surface area contributed by atoms with Crippen molar-refractivity contribution in [2.24, 2.45) is 0 Å². The third-order valence-electron chi connectivity index (χ3n) is 4.35. The topological polar surface area (TPSA) is 64.1 Å². The zero-order valence-electron chi connectivity index (χ0n) is 13.9. The number of para-hydroxylation sites is 1. The Kier molecular flexibility index (Phi) is 5.43. The summed E-state index contributed by atoms with van der Waals surface area (Å²) in [5, 5.41) is 9.45. The van der Waals surface area contributed by atoms with Crippen molar-refractivity contribution in [3.05, 3.63) is 24.3 Å². The van der Waals surface area contributed by atoms with E-state index >= 15 is 0 Å². The summed E-state index contributed by atoms with van der Waals surface area (Å²) in [6.07, 6.45) is -0.354.